The molecule has 0 atom stereocenters. The van der Waals surface area contributed by atoms with Crippen molar-refractivity contribution in [3.05, 3.63) is 35.5 Å². The van der Waals surface area contributed by atoms with Gasteiger partial charge in [0.1, 0.15) is 5.82 Å². The van der Waals surface area contributed by atoms with E-state index in [1.807, 2.05) is 0 Å². The van der Waals surface area contributed by atoms with Gasteiger partial charge in [0.25, 0.3) is 10.0 Å². The Morgan fingerprint density at radius 1 is 1.26 bits per heavy atom. The van der Waals surface area contributed by atoms with Crippen molar-refractivity contribution in [3.8, 4) is 0 Å². The smallest absolute Gasteiger partial charge is 0.263 e. The lowest BCUT2D eigenvalue weighted by atomic mass is 10.2. The molecule has 102 valence electrons. The third-order valence-electron chi connectivity index (χ3n) is 2.74. The average Bonchev–Trinajstić information content (AvgIpc) is 2.60. The molecular weight excluding hydrogens is 264 g/mol. The van der Waals surface area contributed by atoms with Gasteiger partial charge in [-0.1, -0.05) is 6.07 Å². The molecule has 0 bridgehead atoms. The van der Waals surface area contributed by atoms with Crippen LogP contribution in [0.3, 0.4) is 0 Å². The van der Waals surface area contributed by atoms with Gasteiger partial charge < -0.3 is 5.73 Å². The van der Waals surface area contributed by atoms with E-state index < -0.39 is 10.0 Å². The van der Waals surface area contributed by atoms with Crippen LogP contribution in [-0.4, -0.2) is 18.2 Å². The molecule has 1 heterocycles. The van der Waals surface area contributed by atoms with E-state index in [1.54, 1.807) is 39.1 Å². The molecule has 0 fully saturated rings. The largest absolute Gasteiger partial charge is 0.399 e. The maximum atomic E-state index is 12.3. The fourth-order valence-corrected chi connectivity index (χ4v) is 3.16. The van der Waals surface area contributed by atoms with Crippen LogP contribution in [0.2, 0.25) is 0 Å². The molecule has 0 unspecified atom stereocenters. The Morgan fingerprint density at radius 2 is 1.95 bits per heavy atom. The summed E-state index contributed by atoms with van der Waals surface area (Å²) in [6, 6.07) is 6.46. The van der Waals surface area contributed by atoms with Gasteiger partial charge in [0.05, 0.1) is 10.6 Å². The van der Waals surface area contributed by atoms with Gasteiger partial charge in [-0.3, -0.25) is 9.40 Å². The zero-order chi connectivity index (χ0) is 14.2. The van der Waals surface area contributed by atoms with E-state index >= 15 is 0 Å². The number of hydrogen-bond donors (Lipinski definition) is 2. The van der Waals surface area contributed by atoms with Crippen LogP contribution in [0.15, 0.2) is 29.2 Å². The highest BCUT2D eigenvalue weighted by molar-refractivity contribution is 7.92. The number of aryl methyl sites for hydroxylation is 3. The number of anilines is 2. The van der Waals surface area contributed by atoms with Crippen LogP contribution in [0.4, 0.5) is 11.5 Å². The summed E-state index contributed by atoms with van der Waals surface area (Å²) in [7, 11) is -1.99. The predicted octanol–water partition coefficient (Wildman–Crippen LogP) is 1.42. The fraction of sp³-hybridized carbons (Fsp3) is 0.250. The maximum Gasteiger partial charge on any atom is 0.263 e. The van der Waals surface area contributed by atoms with Gasteiger partial charge in [-0.05, 0) is 31.5 Å². The van der Waals surface area contributed by atoms with Crippen molar-refractivity contribution in [2.24, 2.45) is 7.05 Å². The van der Waals surface area contributed by atoms with Crippen LogP contribution >= 0.6 is 0 Å². The van der Waals surface area contributed by atoms with Crippen LogP contribution in [-0.2, 0) is 17.1 Å². The number of nitrogen functional groups attached to an aromatic ring is 1. The van der Waals surface area contributed by atoms with Crippen molar-refractivity contribution >= 4 is 21.5 Å². The molecule has 2 aromatic rings. The van der Waals surface area contributed by atoms with E-state index in [2.05, 4.69) is 9.82 Å². The number of sulfonamides is 1. The average molecular weight is 280 g/mol. The highest BCUT2D eigenvalue weighted by Crippen LogP contribution is 2.21. The Kier molecular flexibility index (Phi) is 3.23. The standard InChI is InChI=1S/C12H16N4O2S/c1-8-4-5-10(13)7-11(8)19(17,18)15-12-6-9(2)14-16(12)3/h4-7,15H,13H2,1-3H3. The molecule has 0 aliphatic heterocycles. The van der Waals surface area contributed by atoms with E-state index in [0.29, 0.717) is 17.1 Å². The van der Waals surface area contributed by atoms with Crippen LogP contribution in [0.25, 0.3) is 0 Å². The number of benzene rings is 1. The molecule has 1 aromatic carbocycles. The topological polar surface area (TPSA) is 90.0 Å². The van der Waals surface area contributed by atoms with E-state index in [9.17, 15) is 8.42 Å². The van der Waals surface area contributed by atoms with Crippen molar-refractivity contribution in [1.29, 1.82) is 0 Å². The summed E-state index contributed by atoms with van der Waals surface area (Å²) in [5.74, 6) is 0.416. The number of nitrogens with two attached hydrogens (primary N) is 1. The number of nitrogens with one attached hydrogen (secondary N) is 1. The lowest BCUT2D eigenvalue weighted by molar-refractivity contribution is 0.599. The first kappa shape index (κ1) is 13.4. The Hall–Kier alpha value is -2.02. The zero-order valence-electron chi connectivity index (χ0n) is 11.0. The van der Waals surface area contributed by atoms with Crippen LogP contribution in [0.1, 0.15) is 11.3 Å². The minimum atomic E-state index is -3.67. The fourth-order valence-electron chi connectivity index (χ4n) is 1.80. The molecule has 0 spiro atoms. The first-order valence-electron chi connectivity index (χ1n) is 5.69. The summed E-state index contributed by atoms with van der Waals surface area (Å²) in [4.78, 5) is 0.173. The summed E-state index contributed by atoms with van der Waals surface area (Å²) in [5, 5.41) is 4.09. The SMILES string of the molecule is Cc1cc(NS(=O)(=O)c2cc(N)ccc2C)n(C)n1. The van der Waals surface area contributed by atoms with Gasteiger partial charge in [0.15, 0.2) is 0 Å². The molecule has 0 radical (unpaired) electrons. The van der Waals surface area contributed by atoms with E-state index in [-0.39, 0.29) is 4.90 Å². The van der Waals surface area contributed by atoms with Gasteiger partial charge in [-0.15, -0.1) is 0 Å². The Balaban J connectivity index is 2.43. The first-order chi connectivity index (χ1) is 8.79. The van der Waals surface area contributed by atoms with Crippen LogP contribution < -0.4 is 10.5 Å². The number of rotatable bonds is 3. The first-order valence-corrected chi connectivity index (χ1v) is 7.17. The molecule has 2 rings (SSSR count). The van der Waals surface area contributed by atoms with Gasteiger partial charge in [-0.25, -0.2) is 8.42 Å². The van der Waals surface area contributed by atoms with E-state index in [4.69, 9.17) is 5.73 Å². The van der Waals surface area contributed by atoms with Crippen LogP contribution in [0.5, 0.6) is 0 Å². The van der Waals surface area contributed by atoms with Gasteiger partial charge in [0, 0.05) is 18.8 Å². The van der Waals surface area contributed by atoms with E-state index in [0.717, 1.165) is 5.69 Å². The number of aromatic nitrogens is 2. The second kappa shape index (κ2) is 4.58. The molecule has 1 aromatic heterocycles. The highest BCUT2D eigenvalue weighted by Gasteiger charge is 2.19. The third kappa shape index (κ3) is 2.70. The highest BCUT2D eigenvalue weighted by atomic mass is 32.2. The van der Waals surface area contributed by atoms with Crippen LogP contribution in [0, 0.1) is 13.8 Å². The Morgan fingerprint density at radius 3 is 2.53 bits per heavy atom. The van der Waals surface area contributed by atoms with Crippen molar-refractivity contribution < 1.29 is 8.42 Å². The summed E-state index contributed by atoms with van der Waals surface area (Å²) in [6.07, 6.45) is 0. The second-order valence-corrected chi connectivity index (χ2v) is 6.08. The minimum absolute atomic E-state index is 0.173. The third-order valence-corrected chi connectivity index (χ3v) is 4.24. The molecule has 0 aliphatic rings. The Labute approximate surface area is 112 Å². The summed E-state index contributed by atoms with van der Waals surface area (Å²) < 4.78 is 28.6. The maximum absolute atomic E-state index is 12.3. The summed E-state index contributed by atoms with van der Waals surface area (Å²) >= 11 is 0. The number of nitrogens with zero attached hydrogens (tertiary/aromatic N) is 2. The predicted molar refractivity (Wildman–Crippen MR) is 74.3 cm³/mol. The molecule has 0 saturated carbocycles. The molecule has 0 aliphatic carbocycles. The second-order valence-electron chi connectivity index (χ2n) is 4.42. The van der Waals surface area contributed by atoms with Crippen molar-refractivity contribution in [1.82, 2.24) is 9.78 Å². The van der Waals surface area contributed by atoms with Gasteiger partial charge >= 0.3 is 0 Å². The van der Waals surface area contributed by atoms with Gasteiger partial charge in [-0.2, -0.15) is 5.10 Å². The molecule has 0 saturated heterocycles. The molecular formula is C12H16N4O2S. The summed E-state index contributed by atoms with van der Waals surface area (Å²) in [6.45, 7) is 3.52. The Bertz CT molecular complexity index is 719. The van der Waals surface area contributed by atoms with Crippen molar-refractivity contribution in [3.63, 3.8) is 0 Å². The normalized spacial score (nSPS) is 11.5. The monoisotopic (exact) mass is 280 g/mol. The van der Waals surface area contributed by atoms with Gasteiger partial charge in [0.2, 0.25) is 0 Å². The quantitative estimate of drug-likeness (QED) is 0.832. The minimum Gasteiger partial charge on any atom is -0.399 e. The lowest BCUT2D eigenvalue weighted by Gasteiger charge is -2.10. The summed E-state index contributed by atoms with van der Waals surface area (Å²) in [5.41, 5.74) is 7.43. The molecule has 7 heteroatoms. The van der Waals surface area contributed by atoms with E-state index in [1.165, 1.54) is 10.7 Å². The zero-order valence-corrected chi connectivity index (χ0v) is 11.8. The molecule has 19 heavy (non-hydrogen) atoms. The van der Waals surface area contributed by atoms with Crippen molar-refractivity contribution in [2.45, 2.75) is 18.7 Å². The van der Waals surface area contributed by atoms with Crippen molar-refractivity contribution in [2.75, 3.05) is 10.5 Å². The molecule has 0 amide bonds. The number of hydrogen-bond acceptors (Lipinski definition) is 4. The molecule has 3 N–H and O–H groups in total. The molecule has 6 nitrogen and oxygen atoms in total. The lowest BCUT2D eigenvalue weighted by Crippen LogP contribution is -2.16.